The second-order valence-electron chi connectivity index (χ2n) is 5.08. The molecule has 0 unspecified atom stereocenters. The molecule has 0 N–H and O–H groups in total. The van der Waals surface area contributed by atoms with Crippen molar-refractivity contribution in [1.82, 2.24) is 0 Å². The minimum atomic E-state index is 0.442. The third-order valence-electron chi connectivity index (χ3n) is 2.46. The van der Waals surface area contributed by atoms with Gasteiger partial charge in [-0.15, -0.1) is 13.2 Å². The predicted molar refractivity (Wildman–Crippen MR) is 61.9 cm³/mol. The van der Waals surface area contributed by atoms with E-state index in [0.29, 0.717) is 5.41 Å². The van der Waals surface area contributed by atoms with Crippen molar-refractivity contribution in [3.63, 3.8) is 0 Å². The average molecular weight is 180 g/mol. The summed E-state index contributed by atoms with van der Waals surface area (Å²) in [6, 6.07) is 0. The Morgan fingerprint density at radius 1 is 0.923 bits per heavy atom. The normalized spacial score (nSPS) is 11.4. The van der Waals surface area contributed by atoms with E-state index in [1.54, 1.807) is 0 Å². The Morgan fingerprint density at radius 3 is 1.46 bits per heavy atom. The molecule has 0 aromatic carbocycles. The number of hydrogen-bond acceptors (Lipinski definition) is 0. The molecule has 0 saturated heterocycles. The Morgan fingerprint density at radius 2 is 1.23 bits per heavy atom. The smallest absolute Gasteiger partial charge is 0.0321 e. The van der Waals surface area contributed by atoms with Crippen LogP contribution < -0.4 is 0 Å². The van der Waals surface area contributed by atoms with Gasteiger partial charge in [0.1, 0.15) is 0 Å². The molecule has 0 aliphatic carbocycles. The summed E-state index contributed by atoms with van der Waals surface area (Å²) < 4.78 is 0. The highest BCUT2D eigenvalue weighted by molar-refractivity contribution is 4.92. The first-order chi connectivity index (χ1) is 5.83. The van der Waals surface area contributed by atoms with Crippen molar-refractivity contribution in [2.45, 2.75) is 53.4 Å². The first-order valence-electron chi connectivity index (χ1n) is 5.12. The van der Waals surface area contributed by atoms with Crippen LogP contribution in [-0.2, 0) is 0 Å². The molecule has 0 bridgehead atoms. The maximum Gasteiger partial charge on any atom is -0.0321 e. The van der Waals surface area contributed by atoms with Gasteiger partial charge in [-0.1, -0.05) is 25.0 Å². The zero-order valence-electron chi connectivity index (χ0n) is 9.74. The highest BCUT2D eigenvalue weighted by Gasteiger charge is 2.16. The molecular weight excluding hydrogens is 156 g/mol. The molecule has 0 heteroatoms. The molecule has 0 aliphatic rings. The molecule has 0 aliphatic heterocycles. The van der Waals surface area contributed by atoms with Crippen LogP contribution >= 0.6 is 0 Å². The standard InChI is InChI=1S/C13H24/c1-11(2)7-9-13(5,6)10-8-12(3)4/h1,3,7-10H2,2,4-6H3. The van der Waals surface area contributed by atoms with Crippen LogP contribution in [0.15, 0.2) is 24.3 Å². The van der Waals surface area contributed by atoms with Crippen LogP contribution in [-0.4, -0.2) is 0 Å². The van der Waals surface area contributed by atoms with Crippen LogP contribution in [0.25, 0.3) is 0 Å². The number of hydrogen-bond donors (Lipinski definition) is 0. The fraction of sp³-hybridized carbons (Fsp3) is 0.692. The minimum Gasteiger partial charge on any atom is -0.100 e. The van der Waals surface area contributed by atoms with Gasteiger partial charge >= 0.3 is 0 Å². The topological polar surface area (TPSA) is 0 Å². The van der Waals surface area contributed by atoms with Crippen LogP contribution in [0, 0.1) is 5.41 Å². The maximum atomic E-state index is 3.94. The summed E-state index contributed by atoms with van der Waals surface area (Å²) in [5.74, 6) is 0. The van der Waals surface area contributed by atoms with E-state index in [1.165, 1.54) is 24.0 Å². The van der Waals surface area contributed by atoms with Crippen molar-refractivity contribution in [2.24, 2.45) is 5.41 Å². The van der Waals surface area contributed by atoms with E-state index in [9.17, 15) is 0 Å². The summed E-state index contributed by atoms with van der Waals surface area (Å²) in [5, 5.41) is 0. The predicted octanol–water partition coefficient (Wildman–Crippen LogP) is 4.73. The lowest BCUT2D eigenvalue weighted by Gasteiger charge is -2.24. The molecule has 0 aromatic heterocycles. The first-order valence-corrected chi connectivity index (χ1v) is 5.12. The number of allylic oxidation sites excluding steroid dienone is 2. The largest absolute Gasteiger partial charge is 0.100 e. The van der Waals surface area contributed by atoms with E-state index < -0.39 is 0 Å². The molecule has 13 heavy (non-hydrogen) atoms. The Balaban J connectivity index is 3.79. The fourth-order valence-corrected chi connectivity index (χ4v) is 1.23. The van der Waals surface area contributed by atoms with Gasteiger partial charge in [-0.3, -0.25) is 0 Å². The van der Waals surface area contributed by atoms with E-state index in [-0.39, 0.29) is 0 Å². The van der Waals surface area contributed by atoms with Gasteiger partial charge in [0.2, 0.25) is 0 Å². The molecule has 0 nitrogen and oxygen atoms in total. The van der Waals surface area contributed by atoms with E-state index in [1.807, 2.05) is 0 Å². The zero-order chi connectivity index (χ0) is 10.5. The van der Waals surface area contributed by atoms with Gasteiger partial charge in [0.05, 0.1) is 0 Å². The van der Waals surface area contributed by atoms with Crippen LogP contribution in [0.2, 0.25) is 0 Å². The SMILES string of the molecule is C=C(C)CCC(C)(C)CCC(=C)C. The summed E-state index contributed by atoms with van der Waals surface area (Å²) >= 11 is 0. The average Bonchev–Trinajstić information content (AvgIpc) is 1.98. The molecule has 0 heterocycles. The highest BCUT2D eigenvalue weighted by Crippen LogP contribution is 2.30. The van der Waals surface area contributed by atoms with Gasteiger partial charge in [0.25, 0.3) is 0 Å². The Bertz CT molecular complexity index is 164. The summed E-state index contributed by atoms with van der Waals surface area (Å²) in [4.78, 5) is 0. The summed E-state index contributed by atoms with van der Waals surface area (Å²) in [6.45, 7) is 16.7. The van der Waals surface area contributed by atoms with E-state index >= 15 is 0 Å². The number of rotatable bonds is 6. The molecule has 0 saturated carbocycles. The van der Waals surface area contributed by atoms with Crippen molar-refractivity contribution in [3.05, 3.63) is 24.3 Å². The van der Waals surface area contributed by atoms with E-state index in [0.717, 1.165) is 12.8 Å². The minimum absolute atomic E-state index is 0.442. The van der Waals surface area contributed by atoms with Gasteiger partial charge in [-0.05, 0) is 44.9 Å². The van der Waals surface area contributed by atoms with Gasteiger partial charge < -0.3 is 0 Å². The molecule has 0 spiro atoms. The lowest BCUT2D eigenvalue weighted by atomic mass is 9.81. The first kappa shape index (κ1) is 12.5. The summed E-state index contributed by atoms with van der Waals surface area (Å²) in [6.07, 6.45) is 4.80. The lowest BCUT2D eigenvalue weighted by Crippen LogP contribution is -2.11. The summed E-state index contributed by atoms with van der Waals surface area (Å²) in [7, 11) is 0. The van der Waals surface area contributed by atoms with Crippen molar-refractivity contribution >= 4 is 0 Å². The zero-order valence-corrected chi connectivity index (χ0v) is 9.74. The molecule has 0 atom stereocenters. The second-order valence-corrected chi connectivity index (χ2v) is 5.08. The molecule has 0 rings (SSSR count). The second kappa shape index (κ2) is 5.26. The van der Waals surface area contributed by atoms with Crippen molar-refractivity contribution in [1.29, 1.82) is 0 Å². The monoisotopic (exact) mass is 180 g/mol. The summed E-state index contributed by atoms with van der Waals surface area (Å²) in [5.41, 5.74) is 3.03. The molecule has 0 aromatic rings. The van der Waals surface area contributed by atoms with Crippen LogP contribution in [0.4, 0.5) is 0 Å². The van der Waals surface area contributed by atoms with E-state index in [2.05, 4.69) is 40.9 Å². The Kier molecular flexibility index (Phi) is 5.05. The third-order valence-corrected chi connectivity index (χ3v) is 2.46. The van der Waals surface area contributed by atoms with Crippen molar-refractivity contribution < 1.29 is 0 Å². The lowest BCUT2D eigenvalue weighted by molar-refractivity contribution is 0.308. The van der Waals surface area contributed by atoms with Gasteiger partial charge in [-0.25, -0.2) is 0 Å². The van der Waals surface area contributed by atoms with Gasteiger partial charge in [0, 0.05) is 0 Å². The van der Waals surface area contributed by atoms with Crippen molar-refractivity contribution in [3.8, 4) is 0 Å². The Hall–Kier alpha value is -0.520. The van der Waals surface area contributed by atoms with Gasteiger partial charge in [-0.2, -0.15) is 0 Å². The molecule has 0 radical (unpaired) electrons. The molecule has 0 fully saturated rings. The fourth-order valence-electron chi connectivity index (χ4n) is 1.23. The maximum absolute atomic E-state index is 3.94. The van der Waals surface area contributed by atoms with Crippen molar-refractivity contribution in [2.75, 3.05) is 0 Å². The van der Waals surface area contributed by atoms with Crippen LogP contribution in [0.5, 0.6) is 0 Å². The van der Waals surface area contributed by atoms with E-state index in [4.69, 9.17) is 0 Å². The third kappa shape index (κ3) is 7.83. The highest BCUT2D eigenvalue weighted by atomic mass is 14.2. The van der Waals surface area contributed by atoms with Crippen LogP contribution in [0.3, 0.4) is 0 Å². The van der Waals surface area contributed by atoms with Gasteiger partial charge in [0.15, 0.2) is 0 Å². The molecule has 76 valence electrons. The molecular formula is C13H24. The quantitative estimate of drug-likeness (QED) is 0.519. The van der Waals surface area contributed by atoms with Crippen LogP contribution in [0.1, 0.15) is 53.4 Å². The Labute approximate surface area is 83.7 Å². The molecule has 0 amide bonds.